The van der Waals surface area contributed by atoms with Crippen LogP contribution in [0.1, 0.15) is 19.1 Å². The van der Waals surface area contributed by atoms with Crippen LogP contribution >= 0.6 is 0 Å². The second kappa shape index (κ2) is 7.55. The Kier molecular flexibility index (Phi) is 5.66. The fourth-order valence-corrected chi connectivity index (χ4v) is 2.20. The number of carboxylic acids is 1. The molecule has 0 aromatic carbocycles. The molecule has 4 atom stereocenters. The Hall–Kier alpha value is -2.57. The van der Waals surface area contributed by atoms with Crippen LogP contribution in [-0.4, -0.2) is 61.7 Å². The molecule has 0 spiro atoms. The number of halogens is 1. The van der Waals surface area contributed by atoms with Gasteiger partial charge in [0.05, 0.1) is 19.0 Å². The Morgan fingerprint density at radius 2 is 1.96 bits per heavy atom. The summed E-state index contributed by atoms with van der Waals surface area (Å²) in [4.78, 5) is 46.1. The van der Waals surface area contributed by atoms with E-state index in [1.54, 1.807) is 4.98 Å². The van der Waals surface area contributed by atoms with E-state index in [1.807, 2.05) is 0 Å². The Balaban J connectivity index is 2.05. The quantitative estimate of drug-likeness (QED) is 0.407. The molecule has 0 radical (unpaired) electrons. The van der Waals surface area contributed by atoms with Crippen LogP contribution in [0.3, 0.4) is 0 Å². The van der Waals surface area contributed by atoms with Crippen molar-refractivity contribution in [3.8, 4) is 0 Å². The predicted molar refractivity (Wildman–Crippen MR) is 75.0 cm³/mol. The summed E-state index contributed by atoms with van der Waals surface area (Å²) in [6.45, 7) is -0.520. The topological polar surface area (TPSA) is 168 Å². The van der Waals surface area contributed by atoms with Gasteiger partial charge in [0.25, 0.3) is 5.56 Å². The monoisotopic (exact) mass is 362 g/mol. The van der Waals surface area contributed by atoms with E-state index in [2.05, 4.69) is 0 Å². The van der Waals surface area contributed by atoms with E-state index in [4.69, 9.17) is 14.6 Å². The second-order valence-corrected chi connectivity index (χ2v) is 5.27. The lowest BCUT2D eigenvalue weighted by atomic mass is 10.1. The third-order valence-corrected chi connectivity index (χ3v) is 3.49. The molecule has 1 fully saturated rings. The van der Waals surface area contributed by atoms with Crippen molar-refractivity contribution in [1.82, 2.24) is 9.55 Å². The van der Waals surface area contributed by atoms with Gasteiger partial charge in [-0.1, -0.05) is 0 Å². The molecule has 0 bridgehead atoms. The van der Waals surface area contributed by atoms with Crippen molar-refractivity contribution in [1.29, 1.82) is 0 Å². The number of aliphatic hydroxyl groups excluding tert-OH is 2. The van der Waals surface area contributed by atoms with Gasteiger partial charge in [-0.25, -0.2) is 4.79 Å². The minimum Gasteiger partial charge on any atom is -0.481 e. The van der Waals surface area contributed by atoms with Crippen LogP contribution < -0.4 is 11.2 Å². The van der Waals surface area contributed by atoms with Crippen LogP contribution in [0, 0.1) is 5.82 Å². The molecule has 1 saturated heterocycles. The molecule has 138 valence electrons. The van der Waals surface area contributed by atoms with Crippen LogP contribution in [0.15, 0.2) is 15.8 Å². The molecule has 12 heteroatoms. The molecule has 2 heterocycles. The second-order valence-electron chi connectivity index (χ2n) is 5.27. The highest BCUT2D eigenvalue weighted by Crippen LogP contribution is 2.28. The van der Waals surface area contributed by atoms with E-state index in [0.29, 0.717) is 10.8 Å². The van der Waals surface area contributed by atoms with Gasteiger partial charge in [0.2, 0.25) is 5.82 Å². The first kappa shape index (κ1) is 18.8. The van der Waals surface area contributed by atoms with Crippen LogP contribution in [-0.2, 0) is 19.1 Å². The zero-order chi connectivity index (χ0) is 18.7. The van der Waals surface area contributed by atoms with Crippen molar-refractivity contribution in [2.24, 2.45) is 0 Å². The highest BCUT2D eigenvalue weighted by atomic mass is 19.1. The number of nitrogens with one attached hydrogen (secondary N) is 1. The smallest absolute Gasteiger partial charge is 0.330 e. The van der Waals surface area contributed by atoms with Crippen LogP contribution in [0.5, 0.6) is 0 Å². The summed E-state index contributed by atoms with van der Waals surface area (Å²) < 4.78 is 23.8. The van der Waals surface area contributed by atoms with Crippen molar-refractivity contribution in [2.45, 2.75) is 37.4 Å². The summed E-state index contributed by atoms with van der Waals surface area (Å²) in [6, 6.07) is 0. The molecule has 11 nitrogen and oxygen atoms in total. The first-order chi connectivity index (χ1) is 11.7. The van der Waals surface area contributed by atoms with Gasteiger partial charge < -0.3 is 24.8 Å². The van der Waals surface area contributed by atoms with Gasteiger partial charge in [-0.2, -0.15) is 4.39 Å². The lowest BCUT2D eigenvalue weighted by molar-refractivity contribution is -0.152. The van der Waals surface area contributed by atoms with Crippen LogP contribution in [0.4, 0.5) is 4.39 Å². The molecule has 25 heavy (non-hydrogen) atoms. The van der Waals surface area contributed by atoms with Gasteiger partial charge in [-0.05, 0) is 0 Å². The van der Waals surface area contributed by atoms with Crippen LogP contribution in [0.25, 0.3) is 0 Å². The third kappa shape index (κ3) is 4.29. The van der Waals surface area contributed by atoms with Gasteiger partial charge in [0.15, 0.2) is 6.23 Å². The fourth-order valence-electron chi connectivity index (χ4n) is 2.20. The molecule has 0 aliphatic carbocycles. The summed E-state index contributed by atoms with van der Waals surface area (Å²) >= 11 is 0. The summed E-state index contributed by atoms with van der Waals surface area (Å²) in [5.41, 5.74) is -2.32. The van der Waals surface area contributed by atoms with E-state index >= 15 is 0 Å². The maximum atomic E-state index is 13.3. The number of aliphatic hydroxyl groups is 2. The number of aliphatic carboxylic acids is 1. The lowest BCUT2D eigenvalue weighted by Crippen LogP contribution is -2.38. The number of aromatic amines is 1. The zero-order valence-corrected chi connectivity index (χ0v) is 12.6. The molecule has 0 amide bonds. The molecule has 1 aromatic heterocycles. The number of hydrogen-bond acceptors (Lipinski definition) is 8. The Bertz CT molecular complexity index is 773. The number of carboxylic acid groups (broad SMARTS) is 1. The molecule has 1 aliphatic rings. The first-order valence-electron chi connectivity index (χ1n) is 7.10. The maximum Gasteiger partial charge on any atom is 0.330 e. The minimum absolute atomic E-state index is 0.394. The number of esters is 1. The van der Waals surface area contributed by atoms with Gasteiger partial charge in [0.1, 0.15) is 24.9 Å². The number of rotatable bonds is 6. The van der Waals surface area contributed by atoms with Crippen molar-refractivity contribution in [2.75, 3.05) is 6.61 Å². The van der Waals surface area contributed by atoms with E-state index in [9.17, 15) is 33.8 Å². The highest BCUT2D eigenvalue weighted by molar-refractivity contribution is 5.76. The molecule has 4 N–H and O–H groups in total. The molecule has 0 saturated carbocycles. The number of hydrogen-bond donors (Lipinski definition) is 4. The van der Waals surface area contributed by atoms with Gasteiger partial charge in [-0.15, -0.1) is 0 Å². The van der Waals surface area contributed by atoms with E-state index in [-0.39, 0.29) is 0 Å². The predicted octanol–water partition coefficient (Wildman–Crippen LogP) is -2.30. The standard InChI is InChI=1S/C13H15FN2O9/c14-5-3-16(13(23)15-11(5)22)12-10(21)9(20)6(25-12)4-24-8(19)2-1-7(17)18/h3,6,9-10,12,20-21H,1-2,4H2,(H,17,18)(H,15,22,23)/t6-,9-,10-,12-/m1/s1. The number of ether oxygens (including phenoxy) is 2. The summed E-state index contributed by atoms with van der Waals surface area (Å²) in [5.74, 6) is -3.35. The number of nitrogens with zero attached hydrogens (tertiary/aromatic N) is 1. The number of aromatic nitrogens is 2. The fraction of sp³-hybridized carbons (Fsp3) is 0.538. The molecule has 1 aromatic rings. The van der Waals surface area contributed by atoms with Gasteiger partial charge in [0, 0.05) is 0 Å². The van der Waals surface area contributed by atoms with Crippen molar-refractivity contribution >= 4 is 11.9 Å². The van der Waals surface area contributed by atoms with Gasteiger partial charge >= 0.3 is 17.6 Å². The van der Waals surface area contributed by atoms with Gasteiger partial charge in [-0.3, -0.25) is 23.9 Å². The zero-order valence-electron chi connectivity index (χ0n) is 12.6. The molecule has 2 rings (SSSR count). The van der Waals surface area contributed by atoms with E-state index in [1.165, 1.54) is 0 Å². The summed E-state index contributed by atoms with van der Waals surface area (Å²) in [7, 11) is 0. The van der Waals surface area contributed by atoms with Crippen LogP contribution in [0.2, 0.25) is 0 Å². The Labute approximate surface area is 138 Å². The summed E-state index contributed by atoms with van der Waals surface area (Å²) in [5, 5.41) is 28.3. The average Bonchev–Trinajstić information content (AvgIpc) is 2.82. The maximum absolute atomic E-state index is 13.3. The number of carbonyl (C=O) groups excluding carboxylic acids is 1. The molecular weight excluding hydrogens is 347 g/mol. The summed E-state index contributed by atoms with van der Waals surface area (Å²) in [6.07, 6.45) is -6.31. The molecular formula is C13H15FN2O9. The van der Waals surface area contributed by atoms with E-state index < -0.39 is 73.0 Å². The lowest BCUT2D eigenvalue weighted by Gasteiger charge is -2.16. The SMILES string of the molecule is O=C(O)CCC(=O)OC[C@H]1O[C@@H](n2cc(F)c(=O)[nH]c2=O)[C@H](O)[C@@H]1O. The highest BCUT2D eigenvalue weighted by Gasteiger charge is 2.44. The molecule has 0 unspecified atom stereocenters. The normalized spacial score (nSPS) is 25.7. The number of H-pyrrole nitrogens is 1. The Morgan fingerprint density at radius 3 is 2.60 bits per heavy atom. The van der Waals surface area contributed by atoms with Crippen molar-refractivity contribution in [3.63, 3.8) is 0 Å². The number of carbonyl (C=O) groups is 2. The largest absolute Gasteiger partial charge is 0.481 e. The van der Waals surface area contributed by atoms with E-state index in [0.717, 1.165) is 0 Å². The van der Waals surface area contributed by atoms with Crippen molar-refractivity contribution < 1.29 is 38.8 Å². The Morgan fingerprint density at radius 1 is 1.28 bits per heavy atom. The molecule has 1 aliphatic heterocycles. The van der Waals surface area contributed by atoms with Crippen molar-refractivity contribution in [3.05, 3.63) is 32.9 Å². The first-order valence-corrected chi connectivity index (χ1v) is 7.10. The average molecular weight is 362 g/mol. The minimum atomic E-state index is -1.66. The third-order valence-electron chi connectivity index (χ3n) is 3.49.